The number of hydrogen-bond acceptors (Lipinski definition) is 4. The molecule has 0 unspecified atom stereocenters. The Morgan fingerprint density at radius 2 is 2.11 bits per heavy atom. The Bertz CT molecular complexity index is 611. The molecule has 0 aliphatic carbocycles. The van der Waals surface area contributed by atoms with Gasteiger partial charge in [0.15, 0.2) is 0 Å². The maximum Gasteiger partial charge on any atom is 0.341 e. The molecule has 0 bridgehead atoms. The Morgan fingerprint density at radius 3 is 2.78 bits per heavy atom. The molecule has 1 aromatic carbocycles. The number of fused-ring (bicyclic) bond motifs is 1. The summed E-state index contributed by atoms with van der Waals surface area (Å²) in [6.45, 7) is 2.06. The molecule has 0 spiro atoms. The van der Waals surface area contributed by atoms with Crippen molar-refractivity contribution in [3.63, 3.8) is 0 Å². The number of hydrogen-bond donors (Lipinski definition) is 0. The first kappa shape index (κ1) is 12.6. The number of ether oxygens (including phenoxy) is 2. The van der Waals surface area contributed by atoms with E-state index in [1.54, 1.807) is 11.3 Å². The van der Waals surface area contributed by atoms with Crippen molar-refractivity contribution in [1.82, 2.24) is 0 Å². The molecule has 2 rings (SSSR count). The summed E-state index contributed by atoms with van der Waals surface area (Å²) in [5.41, 5.74) is 2.50. The van der Waals surface area contributed by atoms with Crippen LogP contribution in [0, 0.1) is 6.92 Å². The summed E-state index contributed by atoms with van der Waals surface area (Å²) in [4.78, 5) is 11.8. The first-order valence-corrected chi connectivity index (χ1v) is 6.35. The number of rotatable bonds is 3. The van der Waals surface area contributed by atoms with E-state index in [0.29, 0.717) is 5.57 Å². The highest BCUT2D eigenvalue weighted by Gasteiger charge is 2.17. The highest BCUT2D eigenvalue weighted by atomic mass is 32.1. The van der Waals surface area contributed by atoms with Crippen LogP contribution in [0.2, 0.25) is 0 Å². The van der Waals surface area contributed by atoms with Gasteiger partial charge in [0.2, 0.25) is 0 Å². The maximum atomic E-state index is 11.8. The van der Waals surface area contributed by atoms with E-state index in [0.717, 1.165) is 10.9 Å². The van der Waals surface area contributed by atoms with E-state index in [1.165, 1.54) is 30.7 Å². The fourth-order valence-electron chi connectivity index (χ4n) is 1.86. The van der Waals surface area contributed by atoms with Gasteiger partial charge in [-0.25, -0.2) is 4.79 Å². The van der Waals surface area contributed by atoms with Crippen LogP contribution in [0.3, 0.4) is 0 Å². The molecule has 0 saturated carbocycles. The predicted molar refractivity (Wildman–Crippen MR) is 73.6 cm³/mol. The van der Waals surface area contributed by atoms with Gasteiger partial charge in [0.1, 0.15) is 5.57 Å². The van der Waals surface area contributed by atoms with Gasteiger partial charge < -0.3 is 9.47 Å². The van der Waals surface area contributed by atoms with Crippen LogP contribution in [-0.2, 0) is 14.3 Å². The highest BCUT2D eigenvalue weighted by molar-refractivity contribution is 7.17. The van der Waals surface area contributed by atoms with Gasteiger partial charge in [0.05, 0.1) is 20.5 Å². The summed E-state index contributed by atoms with van der Waals surface area (Å²) in [5, 5.41) is 3.01. The van der Waals surface area contributed by atoms with Crippen LogP contribution in [-0.4, -0.2) is 20.2 Å². The van der Waals surface area contributed by atoms with Gasteiger partial charge in [0.25, 0.3) is 0 Å². The fraction of sp³-hybridized carbons (Fsp3) is 0.214. The van der Waals surface area contributed by atoms with Crippen molar-refractivity contribution in [2.75, 3.05) is 14.2 Å². The second kappa shape index (κ2) is 5.23. The van der Waals surface area contributed by atoms with Gasteiger partial charge in [0, 0.05) is 21.0 Å². The zero-order valence-electron chi connectivity index (χ0n) is 10.5. The van der Waals surface area contributed by atoms with Crippen molar-refractivity contribution < 1.29 is 14.3 Å². The lowest BCUT2D eigenvalue weighted by molar-refractivity contribution is -0.133. The normalized spacial score (nSPS) is 11.6. The molecule has 1 aromatic heterocycles. The molecule has 0 aliphatic rings. The molecule has 0 fully saturated rings. The average molecular weight is 262 g/mol. The molecule has 94 valence electrons. The third-order valence-electron chi connectivity index (χ3n) is 2.73. The van der Waals surface area contributed by atoms with Crippen LogP contribution in [0.1, 0.15) is 11.1 Å². The third kappa shape index (κ3) is 2.11. The van der Waals surface area contributed by atoms with Crippen LogP contribution in [0.5, 0.6) is 0 Å². The molecule has 4 heteroatoms. The number of thiophene rings is 1. The van der Waals surface area contributed by atoms with Crippen LogP contribution in [0.25, 0.3) is 15.7 Å². The summed E-state index contributed by atoms with van der Waals surface area (Å²) in [6, 6.07) is 6.04. The number of esters is 1. The minimum atomic E-state index is -0.391. The molecule has 2 aromatic rings. The van der Waals surface area contributed by atoms with Crippen LogP contribution >= 0.6 is 11.3 Å². The minimum absolute atomic E-state index is 0.391. The monoisotopic (exact) mass is 262 g/mol. The van der Waals surface area contributed by atoms with E-state index in [2.05, 4.69) is 13.0 Å². The van der Waals surface area contributed by atoms with Gasteiger partial charge in [-0.05, 0) is 12.5 Å². The van der Waals surface area contributed by atoms with Crippen molar-refractivity contribution in [2.45, 2.75) is 6.92 Å². The van der Waals surface area contributed by atoms with Gasteiger partial charge in [-0.15, -0.1) is 11.3 Å². The van der Waals surface area contributed by atoms with Crippen molar-refractivity contribution in [1.29, 1.82) is 0 Å². The number of carbonyl (C=O) groups is 1. The SMILES string of the molecule is COC=C(C(=O)OC)c1csc2c(C)cccc12. The molecule has 0 atom stereocenters. The summed E-state index contributed by atoms with van der Waals surface area (Å²) < 4.78 is 10.9. The smallest absolute Gasteiger partial charge is 0.341 e. The fourth-order valence-corrected chi connectivity index (χ4v) is 2.91. The number of methoxy groups -OCH3 is 2. The third-order valence-corrected chi connectivity index (χ3v) is 3.86. The Kier molecular flexibility index (Phi) is 3.67. The zero-order valence-corrected chi connectivity index (χ0v) is 11.3. The maximum absolute atomic E-state index is 11.8. The summed E-state index contributed by atoms with van der Waals surface area (Å²) in [7, 11) is 2.88. The zero-order chi connectivity index (χ0) is 13.1. The second-order valence-corrected chi connectivity index (χ2v) is 4.74. The summed E-state index contributed by atoms with van der Waals surface area (Å²) >= 11 is 1.62. The molecule has 0 aliphatic heterocycles. The Balaban J connectivity index is 2.62. The average Bonchev–Trinajstić information content (AvgIpc) is 2.80. The molecule has 0 N–H and O–H groups in total. The molecule has 1 heterocycles. The Morgan fingerprint density at radius 1 is 1.33 bits per heavy atom. The van der Waals surface area contributed by atoms with Crippen LogP contribution in [0.15, 0.2) is 29.8 Å². The molecule has 3 nitrogen and oxygen atoms in total. The number of aryl methyl sites for hydroxylation is 1. The first-order valence-electron chi connectivity index (χ1n) is 5.47. The summed E-state index contributed by atoms with van der Waals surface area (Å²) in [6.07, 6.45) is 1.43. The molecule has 0 radical (unpaired) electrons. The molecule has 0 amide bonds. The van der Waals surface area contributed by atoms with Crippen molar-refractivity contribution in [2.24, 2.45) is 0 Å². The lowest BCUT2D eigenvalue weighted by Crippen LogP contribution is -2.03. The topological polar surface area (TPSA) is 35.5 Å². The van der Waals surface area contributed by atoms with Crippen molar-refractivity contribution >= 4 is 33.0 Å². The van der Waals surface area contributed by atoms with Gasteiger partial charge in [-0.3, -0.25) is 0 Å². The summed E-state index contributed by atoms with van der Waals surface area (Å²) in [5.74, 6) is -0.391. The van der Waals surface area contributed by atoms with Gasteiger partial charge in [-0.2, -0.15) is 0 Å². The first-order chi connectivity index (χ1) is 8.69. The van der Waals surface area contributed by atoms with E-state index in [-0.39, 0.29) is 0 Å². The van der Waals surface area contributed by atoms with Crippen molar-refractivity contribution in [3.05, 3.63) is 41.0 Å². The molecule has 0 saturated heterocycles. The number of carbonyl (C=O) groups excluding carboxylic acids is 1. The van der Waals surface area contributed by atoms with Crippen LogP contribution in [0.4, 0.5) is 0 Å². The Labute approximate surface area is 110 Å². The van der Waals surface area contributed by atoms with E-state index in [4.69, 9.17) is 9.47 Å². The van der Waals surface area contributed by atoms with Crippen LogP contribution < -0.4 is 0 Å². The predicted octanol–water partition coefficient (Wildman–Crippen LogP) is 3.37. The molecule has 18 heavy (non-hydrogen) atoms. The molecular weight excluding hydrogens is 248 g/mol. The number of benzene rings is 1. The molecular formula is C14H14O3S. The standard InChI is InChI=1S/C14H14O3S/c1-9-5-4-6-10-12(8-18-13(9)10)11(7-16-2)14(15)17-3/h4-8H,1-3H3. The van der Waals surface area contributed by atoms with Crippen molar-refractivity contribution in [3.8, 4) is 0 Å². The lowest BCUT2D eigenvalue weighted by Gasteiger charge is -2.04. The van der Waals surface area contributed by atoms with E-state index in [9.17, 15) is 4.79 Å². The minimum Gasteiger partial charge on any atom is -0.503 e. The second-order valence-electron chi connectivity index (χ2n) is 3.86. The van der Waals surface area contributed by atoms with E-state index >= 15 is 0 Å². The quantitative estimate of drug-likeness (QED) is 0.483. The van der Waals surface area contributed by atoms with E-state index in [1.807, 2.05) is 17.5 Å². The van der Waals surface area contributed by atoms with E-state index < -0.39 is 5.97 Å². The highest BCUT2D eigenvalue weighted by Crippen LogP contribution is 2.33. The van der Waals surface area contributed by atoms with Gasteiger partial charge in [-0.1, -0.05) is 18.2 Å². The van der Waals surface area contributed by atoms with Gasteiger partial charge >= 0.3 is 5.97 Å². The Hall–Kier alpha value is -1.81. The largest absolute Gasteiger partial charge is 0.503 e. The lowest BCUT2D eigenvalue weighted by atomic mass is 10.0.